The molecular formula is C15H13N3O3S. The van der Waals surface area contributed by atoms with Crippen LogP contribution in [0.3, 0.4) is 0 Å². The van der Waals surface area contributed by atoms with Crippen LogP contribution < -0.4 is 5.56 Å². The summed E-state index contributed by atoms with van der Waals surface area (Å²) in [4.78, 5) is 27.2. The first-order valence-corrected chi connectivity index (χ1v) is 7.63. The zero-order valence-corrected chi connectivity index (χ0v) is 12.7. The molecule has 0 bridgehead atoms. The highest BCUT2D eigenvalue weighted by Crippen LogP contribution is 2.27. The van der Waals surface area contributed by atoms with Crippen molar-refractivity contribution in [3.05, 3.63) is 67.6 Å². The molecule has 1 aromatic carbocycles. The van der Waals surface area contributed by atoms with Crippen molar-refractivity contribution in [1.29, 1.82) is 0 Å². The summed E-state index contributed by atoms with van der Waals surface area (Å²) in [6.45, 7) is 2.20. The van der Waals surface area contributed by atoms with Crippen molar-refractivity contribution in [3.63, 3.8) is 0 Å². The Morgan fingerprint density at radius 2 is 2.05 bits per heavy atom. The van der Waals surface area contributed by atoms with E-state index in [2.05, 4.69) is 4.98 Å². The van der Waals surface area contributed by atoms with Gasteiger partial charge in [-0.2, -0.15) is 0 Å². The summed E-state index contributed by atoms with van der Waals surface area (Å²) in [6.07, 6.45) is 0.711. The van der Waals surface area contributed by atoms with E-state index in [0.717, 1.165) is 16.9 Å². The lowest BCUT2D eigenvalue weighted by Gasteiger charge is -2.09. The molecule has 0 aliphatic heterocycles. The molecule has 22 heavy (non-hydrogen) atoms. The summed E-state index contributed by atoms with van der Waals surface area (Å²) in [7, 11) is 0. The standard InChI is InChI=1S/C15H13N3O3S/c1-10-16-13-12(18(20)21)9-22-14(13)15(19)17(10)8-7-11-5-3-2-4-6-11/h2-6,9H,7-8H2,1H3. The first kappa shape index (κ1) is 14.4. The molecule has 2 heterocycles. The number of nitrogens with zero attached hydrogens (tertiary/aromatic N) is 3. The number of aromatic nitrogens is 2. The Hall–Kier alpha value is -2.54. The van der Waals surface area contributed by atoms with Gasteiger partial charge in [0.15, 0.2) is 5.52 Å². The number of benzene rings is 1. The molecular weight excluding hydrogens is 302 g/mol. The van der Waals surface area contributed by atoms with Crippen LogP contribution in [0.2, 0.25) is 0 Å². The van der Waals surface area contributed by atoms with Crippen LogP contribution in [0.1, 0.15) is 11.4 Å². The van der Waals surface area contributed by atoms with Crippen LogP contribution in [0.4, 0.5) is 5.69 Å². The number of nitro groups is 1. The Balaban J connectivity index is 2.00. The lowest BCUT2D eigenvalue weighted by atomic mass is 10.1. The first-order chi connectivity index (χ1) is 10.6. The lowest BCUT2D eigenvalue weighted by Crippen LogP contribution is -2.24. The minimum atomic E-state index is -0.501. The van der Waals surface area contributed by atoms with E-state index in [1.165, 1.54) is 5.38 Å². The first-order valence-electron chi connectivity index (χ1n) is 6.75. The van der Waals surface area contributed by atoms with Crippen molar-refractivity contribution >= 4 is 27.2 Å². The van der Waals surface area contributed by atoms with Gasteiger partial charge in [-0.15, -0.1) is 11.3 Å². The highest BCUT2D eigenvalue weighted by molar-refractivity contribution is 7.17. The summed E-state index contributed by atoms with van der Waals surface area (Å²) >= 11 is 1.08. The average molecular weight is 315 g/mol. The maximum absolute atomic E-state index is 12.5. The third-order valence-electron chi connectivity index (χ3n) is 3.51. The third kappa shape index (κ3) is 2.50. The molecule has 0 radical (unpaired) electrons. The predicted octanol–water partition coefficient (Wildman–Crippen LogP) is 2.92. The van der Waals surface area contributed by atoms with Gasteiger partial charge in [-0.05, 0) is 18.9 Å². The largest absolute Gasteiger partial charge is 0.306 e. The number of hydrogen-bond acceptors (Lipinski definition) is 5. The number of aryl methyl sites for hydroxylation is 2. The molecule has 6 nitrogen and oxygen atoms in total. The Bertz CT molecular complexity index is 900. The molecule has 2 aromatic heterocycles. The average Bonchev–Trinajstić information content (AvgIpc) is 2.92. The van der Waals surface area contributed by atoms with Gasteiger partial charge in [-0.1, -0.05) is 30.3 Å². The predicted molar refractivity (Wildman–Crippen MR) is 85.4 cm³/mol. The Morgan fingerprint density at radius 1 is 1.32 bits per heavy atom. The minimum absolute atomic E-state index is 0.101. The molecule has 112 valence electrons. The molecule has 0 N–H and O–H groups in total. The number of rotatable bonds is 4. The number of thiophene rings is 1. The van der Waals surface area contributed by atoms with Gasteiger partial charge >= 0.3 is 5.69 Å². The van der Waals surface area contributed by atoms with Crippen LogP contribution in [0.5, 0.6) is 0 Å². The van der Waals surface area contributed by atoms with Crippen LogP contribution in [0, 0.1) is 17.0 Å². The zero-order valence-electron chi connectivity index (χ0n) is 11.9. The van der Waals surface area contributed by atoms with Gasteiger partial charge in [-0.25, -0.2) is 4.98 Å². The van der Waals surface area contributed by atoms with E-state index in [1.54, 1.807) is 11.5 Å². The van der Waals surface area contributed by atoms with E-state index < -0.39 is 4.92 Å². The Morgan fingerprint density at radius 3 is 2.73 bits per heavy atom. The highest BCUT2D eigenvalue weighted by atomic mass is 32.1. The van der Waals surface area contributed by atoms with E-state index in [4.69, 9.17) is 0 Å². The summed E-state index contributed by atoms with van der Waals surface area (Å²) < 4.78 is 1.92. The van der Waals surface area contributed by atoms with Crippen LogP contribution >= 0.6 is 11.3 Å². The highest BCUT2D eigenvalue weighted by Gasteiger charge is 2.20. The van der Waals surface area contributed by atoms with Gasteiger partial charge < -0.3 is 0 Å². The fourth-order valence-corrected chi connectivity index (χ4v) is 3.27. The molecule has 0 spiro atoms. The normalized spacial score (nSPS) is 11.0. The van der Waals surface area contributed by atoms with Crippen molar-refractivity contribution in [3.8, 4) is 0 Å². The molecule has 0 saturated carbocycles. The van der Waals surface area contributed by atoms with Gasteiger partial charge in [0.25, 0.3) is 5.56 Å². The van der Waals surface area contributed by atoms with Crippen molar-refractivity contribution < 1.29 is 4.92 Å². The van der Waals surface area contributed by atoms with Crippen LogP contribution in [0.15, 0.2) is 40.5 Å². The second kappa shape index (κ2) is 5.69. The fraction of sp³-hybridized carbons (Fsp3) is 0.200. The van der Waals surface area contributed by atoms with Gasteiger partial charge in [-0.3, -0.25) is 19.5 Å². The van der Waals surface area contributed by atoms with Crippen molar-refractivity contribution in [2.45, 2.75) is 19.9 Å². The van der Waals surface area contributed by atoms with Crippen LogP contribution in [0.25, 0.3) is 10.2 Å². The molecule has 7 heteroatoms. The van der Waals surface area contributed by atoms with Crippen molar-refractivity contribution in [2.24, 2.45) is 0 Å². The van der Waals surface area contributed by atoms with Gasteiger partial charge in [0.2, 0.25) is 0 Å². The summed E-state index contributed by atoms with van der Waals surface area (Å²) in [5.41, 5.74) is 1.01. The van der Waals surface area contributed by atoms with E-state index >= 15 is 0 Å². The van der Waals surface area contributed by atoms with E-state index in [9.17, 15) is 14.9 Å². The second-order valence-corrected chi connectivity index (χ2v) is 5.79. The second-order valence-electron chi connectivity index (χ2n) is 4.91. The topological polar surface area (TPSA) is 78.0 Å². The molecule has 3 rings (SSSR count). The molecule has 0 fully saturated rings. The zero-order chi connectivity index (χ0) is 15.7. The molecule has 0 unspecified atom stereocenters. The molecule has 0 aliphatic carbocycles. The van der Waals surface area contributed by atoms with Crippen molar-refractivity contribution in [2.75, 3.05) is 0 Å². The van der Waals surface area contributed by atoms with Gasteiger partial charge in [0, 0.05) is 6.54 Å². The van der Waals surface area contributed by atoms with Gasteiger partial charge in [0.1, 0.15) is 10.5 Å². The van der Waals surface area contributed by atoms with E-state index in [-0.39, 0.29) is 16.8 Å². The SMILES string of the molecule is Cc1nc2c([N+](=O)[O-])csc2c(=O)n1CCc1ccccc1. The lowest BCUT2D eigenvalue weighted by molar-refractivity contribution is -0.382. The quantitative estimate of drug-likeness (QED) is 0.548. The summed E-state index contributed by atoms with van der Waals surface area (Å²) in [6, 6.07) is 9.86. The molecule has 3 aromatic rings. The molecule has 0 aliphatic rings. The number of hydrogen-bond donors (Lipinski definition) is 0. The Labute approximate surface area is 129 Å². The maximum atomic E-state index is 12.5. The van der Waals surface area contributed by atoms with E-state index in [1.807, 2.05) is 30.3 Å². The van der Waals surface area contributed by atoms with Crippen LogP contribution in [-0.2, 0) is 13.0 Å². The van der Waals surface area contributed by atoms with Crippen molar-refractivity contribution in [1.82, 2.24) is 9.55 Å². The maximum Gasteiger partial charge on any atom is 0.306 e. The molecule has 0 amide bonds. The van der Waals surface area contributed by atoms with Gasteiger partial charge in [0.05, 0.1) is 10.3 Å². The summed E-state index contributed by atoms with van der Waals surface area (Å²) in [5, 5.41) is 12.3. The summed E-state index contributed by atoms with van der Waals surface area (Å²) in [5.74, 6) is 0.495. The monoisotopic (exact) mass is 315 g/mol. The van der Waals surface area contributed by atoms with E-state index in [0.29, 0.717) is 23.5 Å². The Kier molecular flexibility index (Phi) is 3.72. The number of fused-ring (bicyclic) bond motifs is 1. The fourth-order valence-electron chi connectivity index (χ4n) is 2.37. The van der Waals surface area contributed by atoms with Crippen LogP contribution in [-0.4, -0.2) is 14.5 Å². The minimum Gasteiger partial charge on any atom is -0.295 e. The smallest absolute Gasteiger partial charge is 0.295 e. The molecule has 0 saturated heterocycles. The third-order valence-corrected chi connectivity index (χ3v) is 4.46. The molecule has 0 atom stereocenters.